The normalized spacial score (nSPS) is 18.6. The molecule has 158 valence electrons. The first-order chi connectivity index (χ1) is 14.3. The third-order valence-corrected chi connectivity index (χ3v) is 7.83. The Bertz CT molecular complexity index is 910. The van der Waals surface area contributed by atoms with Gasteiger partial charge in [-0.1, -0.05) is 51.1 Å². The van der Waals surface area contributed by atoms with Crippen LogP contribution < -0.4 is 0 Å². The number of piperidine rings is 1. The highest BCUT2D eigenvalue weighted by Crippen LogP contribution is 2.44. The van der Waals surface area contributed by atoms with E-state index in [4.69, 9.17) is 0 Å². The summed E-state index contributed by atoms with van der Waals surface area (Å²) in [6, 6.07) is 17.6. The maximum atomic E-state index is 13.1. The molecule has 2 saturated heterocycles. The summed E-state index contributed by atoms with van der Waals surface area (Å²) < 4.78 is 0. The van der Waals surface area contributed by atoms with Gasteiger partial charge in [-0.15, -0.1) is 11.8 Å². The van der Waals surface area contributed by atoms with Crippen molar-refractivity contribution < 1.29 is 9.59 Å². The van der Waals surface area contributed by atoms with Gasteiger partial charge in [0.1, 0.15) is 0 Å². The lowest BCUT2D eigenvalue weighted by Gasteiger charge is -2.44. The Morgan fingerprint density at radius 2 is 1.43 bits per heavy atom. The van der Waals surface area contributed by atoms with Gasteiger partial charge in [0.2, 0.25) is 0 Å². The highest BCUT2D eigenvalue weighted by atomic mass is 32.2. The topological polar surface area (TPSA) is 40.6 Å². The molecule has 2 aliphatic rings. The van der Waals surface area contributed by atoms with Gasteiger partial charge < -0.3 is 9.80 Å². The third kappa shape index (κ3) is 4.00. The van der Waals surface area contributed by atoms with Crippen molar-refractivity contribution in [1.82, 2.24) is 9.80 Å². The smallest absolute Gasteiger partial charge is 0.254 e. The van der Waals surface area contributed by atoms with Gasteiger partial charge in [0, 0.05) is 36.5 Å². The Hall–Kier alpha value is -2.27. The molecule has 0 saturated carbocycles. The second-order valence-corrected chi connectivity index (χ2v) is 10.7. The minimum Gasteiger partial charge on any atom is -0.338 e. The van der Waals surface area contributed by atoms with Crippen LogP contribution in [-0.2, 0) is 5.41 Å². The number of benzene rings is 2. The van der Waals surface area contributed by atoms with Crippen LogP contribution in [-0.4, -0.2) is 51.9 Å². The summed E-state index contributed by atoms with van der Waals surface area (Å²) in [5.41, 5.74) is 2.80. The van der Waals surface area contributed by atoms with Crippen LogP contribution in [0.5, 0.6) is 0 Å². The van der Waals surface area contributed by atoms with Crippen LogP contribution >= 0.6 is 11.8 Å². The summed E-state index contributed by atoms with van der Waals surface area (Å²) in [6.45, 7) is 8.68. The fourth-order valence-electron chi connectivity index (χ4n) is 4.40. The van der Waals surface area contributed by atoms with Crippen molar-refractivity contribution in [3.05, 3.63) is 71.3 Å². The fourth-order valence-corrected chi connectivity index (χ4v) is 5.86. The van der Waals surface area contributed by atoms with E-state index in [0.717, 1.165) is 36.3 Å². The minimum absolute atomic E-state index is 0.0769. The summed E-state index contributed by atoms with van der Waals surface area (Å²) >= 11 is 1.88. The lowest BCUT2D eigenvalue weighted by Crippen LogP contribution is -2.53. The Labute approximate surface area is 183 Å². The van der Waals surface area contributed by atoms with Crippen molar-refractivity contribution in [2.24, 2.45) is 0 Å². The van der Waals surface area contributed by atoms with E-state index in [-0.39, 0.29) is 22.1 Å². The van der Waals surface area contributed by atoms with E-state index in [2.05, 4.69) is 32.9 Å². The number of hydrogen-bond donors (Lipinski definition) is 0. The van der Waals surface area contributed by atoms with Gasteiger partial charge in [0.05, 0.1) is 4.87 Å². The summed E-state index contributed by atoms with van der Waals surface area (Å²) in [7, 11) is 0. The fraction of sp³-hybridized carbons (Fsp3) is 0.440. The number of hydrogen-bond acceptors (Lipinski definition) is 3. The van der Waals surface area contributed by atoms with E-state index in [0.29, 0.717) is 13.1 Å². The first-order valence-corrected chi connectivity index (χ1v) is 11.7. The van der Waals surface area contributed by atoms with E-state index in [9.17, 15) is 9.59 Å². The Balaban J connectivity index is 1.44. The zero-order valence-corrected chi connectivity index (χ0v) is 18.9. The number of carbonyl (C=O) groups is 2. The number of likely N-dealkylation sites (tertiary alicyclic amines) is 1. The molecule has 30 heavy (non-hydrogen) atoms. The van der Waals surface area contributed by atoms with Crippen LogP contribution in [0.2, 0.25) is 0 Å². The van der Waals surface area contributed by atoms with Crippen LogP contribution in [0.3, 0.4) is 0 Å². The maximum Gasteiger partial charge on any atom is 0.254 e. The molecule has 2 aromatic carbocycles. The van der Waals surface area contributed by atoms with Crippen molar-refractivity contribution in [2.75, 3.05) is 25.4 Å². The molecular weight excluding hydrogens is 392 g/mol. The van der Waals surface area contributed by atoms with Crippen LogP contribution in [0.15, 0.2) is 54.6 Å². The van der Waals surface area contributed by atoms with Crippen LogP contribution in [0, 0.1) is 0 Å². The minimum atomic E-state index is -0.181. The van der Waals surface area contributed by atoms with Gasteiger partial charge in [0.15, 0.2) is 0 Å². The van der Waals surface area contributed by atoms with Crippen molar-refractivity contribution in [3.63, 3.8) is 0 Å². The van der Waals surface area contributed by atoms with E-state index in [1.54, 1.807) is 0 Å². The Morgan fingerprint density at radius 1 is 0.833 bits per heavy atom. The van der Waals surface area contributed by atoms with Crippen molar-refractivity contribution in [3.8, 4) is 0 Å². The molecule has 4 rings (SSSR count). The molecule has 0 N–H and O–H groups in total. The van der Waals surface area contributed by atoms with Gasteiger partial charge in [-0.05, 0) is 48.1 Å². The predicted octanol–water partition coefficient (Wildman–Crippen LogP) is 4.81. The molecular formula is C25H30N2O2S. The summed E-state index contributed by atoms with van der Waals surface area (Å²) in [5.74, 6) is 1.16. The largest absolute Gasteiger partial charge is 0.338 e. The standard InChI is InChI=1S/C25H30N2O2S/c1-24(2,3)21-11-9-20(10-12-21)22(28)26-15-13-25(14-16-26)27(17-18-30-25)23(29)19-7-5-4-6-8-19/h4-12H,13-18H2,1-3H3. The molecule has 2 amide bonds. The molecule has 2 heterocycles. The second-order valence-electron chi connectivity index (χ2n) is 9.24. The monoisotopic (exact) mass is 422 g/mol. The van der Waals surface area contributed by atoms with Crippen molar-refractivity contribution >= 4 is 23.6 Å². The third-order valence-electron chi connectivity index (χ3n) is 6.27. The van der Waals surface area contributed by atoms with Gasteiger partial charge in [0.25, 0.3) is 11.8 Å². The lowest BCUT2D eigenvalue weighted by atomic mass is 9.86. The van der Waals surface area contributed by atoms with E-state index >= 15 is 0 Å². The molecule has 2 aromatic rings. The molecule has 0 atom stereocenters. The molecule has 2 aliphatic heterocycles. The van der Waals surface area contributed by atoms with Crippen molar-refractivity contribution in [2.45, 2.75) is 43.9 Å². The van der Waals surface area contributed by atoms with Gasteiger partial charge in [-0.2, -0.15) is 0 Å². The molecule has 0 bridgehead atoms. The molecule has 5 heteroatoms. The van der Waals surface area contributed by atoms with Crippen LogP contribution in [0.1, 0.15) is 59.9 Å². The van der Waals surface area contributed by atoms with E-state index in [1.165, 1.54) is 5.56 Å². The van der Waals surface area contributed by atoms with E-state index < -0.39 is 0 Å². The molecule has 0 radical (unpaired) electrons. The number of rotatable bonds is 2. The lowest BCUT2D eigenvalue weighted by molar-refractivity contribution is 0.0498. The number of amides is 2. The SMILES string of the molecule is CC(C)(C)c1ccc(C(=O)N2CCC3(CC2)SCCN3C(=O)c2ccccc2)cc1. The van der Waals surface area contributed by atoms with Gasteiger partial charge in [-0.25, -0.2) is 0 Å². The first-order valence-electron chi connectivity index (χ1n) is 10.7. The number of nitrogens with zero attached hydrogens (tertiary/aromatic N) is 2. The van der Waals surface area contributed by atoms with Crippen molar-refractivity contribution in [1.29, 1.82) is 0 Å². The van der Waals surface area contributed by atoms with Crippen LogP contribution in [0.4, 0.5) is 0 Å². The summed E-state index contributed by atoms with van der Waals surface area (Å²) in [5, 5.41) is 0. The average Bonchev–Trinajstić information content (AvgIpc) is 3.16. The van der Waals surface area contributed by atoms with Gasteiger partial charge in [-0.3, -0.25) is 9.59 Å². The predicted molar refractivity (Wildman–Crippen MR) is 123 cm³/mol. The second kappa shape index (κ2) is 8.10. The molecule has 2 fully saturated rings. The average molecular weight is 423 g/mol. The number of thioether (sulfide) groups is 1. The van der Waals surface area contributed by atoms with Crippen LogP contribution in [0.25, 0.3) is 0 Å². The molecule has 0 aromatic heterocycles. The highest BCUT2D eigenvalue weighted by molar-refractivity contribution is 8.00. The summed E-state index contributed by atoms with van der Waals surface area (Å²) in [6.07, 6.45) is 1.64. The number of carbonyl (C=O) groups excluding carboxylic acids is 2. The zero-order chi connectivity index (χ0) is 21.4. The Kier molecular flexibility index (Phi) is 5.67. The Morgan fingerprint density at radius 3 is 2.03 bits per heavy atom. The molecule has 1 spiro atoms. The van der Waals surface area contributed by atoms with Gasteiger partial charge >= 0.3 is 0 Å². The highest BCUT2D eigenvalue weighted by Gasteiger charge is 2.47. The quantitative estimate of drug-likeness (QED) is 0.698. The van der Waals surface area contributed by atoms with E-state index in [1.807, 2.05) is 64.0 Å². The zero-order valence-electron chi connectivity index (χ0n) is 18.1. The first kappa shape index (κ1) is 21.0. The molecule has 4 nitrogen and oxygen atoms in total. The summed E-state index contributed by atoms with van der Waals surface area (Å²) in [4.78, 5) is 30.0. The molecule has 0 aliphatic carbocycles. The molecule has 0 unspecified atom stereocenters. The maximum absolute atomic E-state index is 13.1.